The molecule has 47 heavy (non-hydrogen) atoms. The molecule has 3 aliphatic rings. The highest BCUT2D eigenvalue weighted by Gasteiger charge is 2.72. The van der Waals surface area contributed by atoms with Crippen LogP contribution in [0.4, 0.5) is 17.5 Å². The smallest absolute Gasteiger partial charge is 0.316 e. The highest BCUT2D eigenvalue weighted by Crippen LogP contribution is 2.55. The number of nitrogens with two attached hydrogens (primary N) is 1. The average molecular weight is 630 g/mol. The molecule has 1 unspecified atom stereocenters. The molecule has 2 fully saturated rings. The molecule has 0 bridgehead atoms. The fraction of sp³-hybridized carbons (Fsp3) is 0.306. The summed E-state index contributed by atoms with van der Waals surface area (Å²) in [6.07, 6.45) is 9.04. The number of quaternary nitrogens is 1. The number of ether oxygens (including phenoxy) is 1. The molecule has 3 aromatic heterocycles. The molecule has 0 aliphatic carbocycles. The second-order valence-corrected chi connectivity index (χ2v) is 13.1. The van der Waals surface area contributed by atoms with E-state index in [9.17, 15) is 9.59 Å². The maximum atomic E-state index is 13.4. The number of rotatable bonds is 6. The highest BCUT2D eigenvalue weighted by atomic mass is 16.5. The number of nitrogens with one attached hydrogen (secondary N) is 1. The first-order valence-corrected chi connectivity index (χ1v) is 16.1. The molecular weight excluding hydrogens is 592 g/mol. The minimum Gasteiger partial charge on any atom is -0.378 e. The summed E-state index contributed by atoms with van der Waals surface area (Å²) in [4.78, 5) is 41.4. The van der Waals surface area contributed by atoms with Gasteiger partial charge in [-0.3, -0.25) is 4.79 Å². The first kappa shape index (κ1) is 29.3. The fourth-order valence-corrected chi connectivity index (χ4v) is 7.46. The molecule has 2 saturated heterocycles. The third-order valence-electron chi connectivity index (χ3n) is 10.2. The van der Waals surface area contributed by atoms with Gasteiger partial charge < -0.3 is 25.1 Å². The van der Waals surface area contributed by atoms with Gasteiger partial charge in [-0.1, -0.05) is 24.3 Å². The monoisotopic (exact) mass is 629 g/mol. The van der Waals surface area contributed by atoms with Crippen LogP contribution >= 0.6 is 0 Å². The van der Waals surface area contributed by atoms with Crippen LogP contribution in [0.5, 0.6) is 0 Å². The van der Waals surface area contributed by atoms with E-state index in [-0.39, 0.29) is 23.3 Å². The van der Waals surface area contributed by atoms with Gasteiger partial charge in [-0.2, -0.15) is 0 Å². The SMILES string of the molecule is CC(=O)[N+]12C[C@@]1(C)CCc1cc(-c3ccc(CNC(=O)c4cc5c(N6CCOCC6)nc(-c6cnc(N)nc6)cn5c4)cc3)ccc12. The number of fused-ring (bicyclic) bond motifs is 4. The number of carbonyl (C=O) groups excluding carboxylic acids is 2. The van der Waals surface area contributed by atoms with Crippen LogP contribution in [-0.2, 0) is 22.5 Å². The lowest BCUT2D eigenvalue weighted by Crippen LogP contribution is -2.43. The number of hydrogen-bond donors (Lipinski definition) is 2. The Kier molecular flexibility index (Phi) is 6.85. The number of nitrogen functional groups attached to an aromatic ring is 1. The summed E-state index contributed by atoms with van der Waals surface area (Å²) in [5, 5.41) is 3.08. The molecule has 0 spiro atoms. The predicted octanol–water partition coefficient (Wildman–Crippen LogP) is 4.38. The lowest BCUT2D eigenvalue weighted by Gasteiger charge is -2.28. The van der Waals surface area contributed by atoms with Crippen molar-refractivity contribution >= 4 is 34.8 Å². The van der Waals surface area contributed by atoms with Crippen LogP contribution in [0.3, 0.4) is 0 Å². The molecule has 238 valence electrons. The summed E-state index contributed by atoms with van der Waals surface area (Å²) in [5.74, 6) is 1.04. The van der Waals surface area contributed by atoms with Crippen LogP contribution in [0.2, 0.25) is 0 Å². The van der Waals surface area contributed by atoms with Gasteiger partial charge in [0.05, 0.1) is 36.9 Å². The van der Waals surface area contributed by atoms with Gasteiger partial charge >= 0.3 is 5.91 Å². The van der Waals surface area contributed by atoms with E-state index in [0.29, 0.717) is 48.6 Å². The Balaban J connectivity index is 0.997. The number of amides is 2. The molecular formula is C36H37N8O3+. The van der Waals surface area contributed by atoms with Gasteiger partial charge in [-0.05, 0) is 48.2 Å². The van der Waals surface area contributed by atoms with Crippen molar-refractivity contribution in [2.75, 3.05) is 43.5 Å². The molecule has 2 aromatic carbocycles. The number of aryl methyl sites for hydroxylation is 1. The van der Waals surface area contributed by atoms with Crippen LogP contribution < -0.4 is 20.4 Å². The molecule has 8 rings (SSSR count). The van der Waals surface area contributed by atoms with Crippen molar-refractivity contribution in [3.05, 3.63) is 90.0 Å². The van der Waals surface area contributed by atoms with Gasteiger partial charge in [-0.25, -0.2) is 24.2 Å². The Morgan fingerprint density at radius 2 is 1.74 bits per heavy atom. The summed E-state index contributed by atoms with van der Waals surface area (Å²) in [5.41, 5.74) is 14.3. The molecule has 3 N–H and O–H groups in total. The summed E-state index contributed by atoms with van der Waals surface area (Å²) in [6.45, 7) is 7.89. The van der Waals surface area contributed by atoms with Crippen molar-refractivity contribution in [1.82, 2.24) is 29.2 Å². The number of aromatic nitrogens is 4. The van der Waals surface area contributed by atoms with Crippen LogP contribution in [0.1, 0.15) is 41.8 Å². The summed E-state index contributed by atoms with van der Waals surface area (Å²) in [7, 11) is 0. The van der Waals surface area contributed by atoms with Gasteiger partial charge in [0.25, 0.3) is 5.91 Å². The zero-order valence-corrected chi connectivity index (χ0v) is 26.6. The predicted molar refractivity (Wildman–Crippen MR) is 181 cm³/mol. The summed E-state index contributed by atoms with van der Waals surface area (Å²) in [6, 6.07) is 16.7. The number of nitrogens with zero attached hydrogens (tertiary/aromatic N) is 6. The Morgan fingerprint density at radius 1 is 1.00 bits per heavy atom. The van der Waals surface area contributed by atoms with E-state index in [1.165, 1.54) is 5.56 Å². The number of hydrogen-bond acceptors (Lipinski definition) is 8. The van der Waals surface area contributed by atoms with Gasteiger partial charge in [0.15, 0.2) is 11.4 Å². The quantitative estimate of drug-likeness (QED) is 0.209. The standard InChI is InChI=1S/C36H36N8O3/c1-23(45)44-22-36(44,2)10-9-27-15-26(7-8-32(27)44)25-5-3-24(4-6-25)17-38-34(46)28-16-31-33(42-11-13-47-14-12-42)41-30(21-43(31)20-28)29-18-39-35(37)40-19-29/h3-8,15-16,18-21H,9-14,17,22H2,1-2H3,(H2-,37,38,39,40,46)/p+1/t36-,44?/m1/s1. The van der Waals surface area contributed by atoms with E-state index in [2.05, 4.69) is 69.6 Å². The van der Waals surface area contributed by atoms with E-state index in [1.807, 2.05) is 22.9 Å². The number of morpholine rings is 1. The van der Waals surface area contributed by atoms with Gasteiger partial charge in [0.1, 0.15) is 12.2 Å². The number of benzene rings is 2. The minimum atomic E-state index is -0.164. The Morgan fingerprint density at radius 3 is 2.49 bits per heavy atom. The Labute approximate surface area is 272 Å². The van der Waals surface area contributed by atoms with Crippen LogP contribution in [0.25, 0.3) is 27.9 Å². The minimum absolute atomic E-state index is 0.0537. The second kappa shape index (κ2) is 11.0. The zero-order chi connectivity index (χ0) is 32.3. The first-order chi connectivity index (χ1) is 22.7. The average Bonchev–Trinajstić information content (AvgIpc) is 3.55. The molecule has 6 heterocycles. The number of anilines is 2. The van der Waals surface area contributed by atoms with Crippen LogP contribution in [-0.4, -0.2) is 69.6 Å². The molecule has 2 atom stereocenters. The second-order valence-electron chi connectivity index (χ2n) is 13.1. The molecule has 0 saturated carbocycles. The van der Waals surface area contributed by atoms with E-state index < -0.39 is 0 Å². The fourth-order valence-electron chi connectivity index (χ4n) is 7.46. The lowest BCUT2D eigenvalue weighted by molar-refractivity contribution is -0.124. The van der Waals surface area contributed by atoms with E-state index >= 15 is 0 Å². The number of carbonyl (C=O) groups is 2. The van der Waals surface area contributed by atoms with Gasteiger partial charge in [0, 0.05) is 68.0 Å². The van der Waals surface area contributed by atoms with E-state index in [0.717, 1.165) is 58.7 Å². The van der Waals surface area contributed by atoms with Crippen LogP contribution in [0, 0.1) is 0 Å². The Hall–Kier alpha value is -5.13. The summed E-state index contributed by atoms with van der Waals surface area (Å²) < 4.78 is 7.99. The normalized spacial score (nSPS) is 21.6. The third-order valence-corrected chi connectivity index (χ3v) is 10.2. The van der Waals surface area contributed by atoms with Gasteiger partial charge in [0.2, 0.25) is 5.95 Å². The van der Waals surface area contributed by atoms with Crippen molar-refractivity contribution in [1.29, 1.82) is 0 Å². The van der Waals surface area contributed by atoms with Crippen molar-refractivity contribution in [3.63, 3.8) is 0 Å². The molecule has 0 radical (unpaired) electrons. The maximum absolute atomic E-state index is 13.4. The largest absolute Gasteiger partial charge is 0.378 e. The van der Waals surface area contributed by atoms with Crippen molar-refractivity contribution < 1.29 is 14.3 Å². The van der Waals surface area contributed by atoms with Crippen molar-refractivity contribution in [3.8, 4) is 22.4 Å². The molecule has 3 aliphatic heterocycles. The molecule has 11 heteroatoms. The van der Waals surface area contributed by atoms with Gasteiger partial charge in [-0.15, -0.1) is 0 Å². The zero-order valence-electron chi connectivity index (χ0n) is 26.6. The third kappa shape index (κ3) is 4.93. The molecule has 11 nitrogen and oxygen atoms in total. The molecule has 5 aromatic rings. The van der Waals surface area contributed by atoms with E-state index in [1.54, 1.807) is 19.3 Å². The molecule has 2 amide bonds. The lowest BCUT2D eigenvalue weighted by atomic mass is 9.91. The van der Waals surface area contributed by atoms with Crippen LogP contribution in [0.15, 0.2) is 73.3 Å². The van der Waals surface area contributed by atoms with Crippen molar-refractivity contribution in [2.24, 2.45) is 0 Å². The first-order valence-electron chi connectivity index (χ1n) is 16.1. The van der Waals surface area contributed by atoms with E-state index in [4.69, 9.17) is 15.5 Å². The summed E-state index contributed by atoms with van der Waals surface area (Å²) >= 11 is 0. The highest BCUT2D eigenvalue weighted by molar-refractivity contribution is 5.97. The maximum Gasteiger partial charge on any atom is 0.316 e. The Bertz CT molecular complexity index is 2030. The topological polar surface area (TPSA) is 128 Å². The van der Waals surface area contributed by atoms with Crippen molar-refractivity contribution in [2.45, 2.75) is 38.8 Å².